The van der Waals surface area contributed by atoms with E-state index in [2.05, 4.69) is 42.7 Å². The highest BCUT2D eigenvalue weighted by Crippen LogP contribution is 2.26. The molecule has 0 spiro atoms. The summed E-state index contributed by atoms with van der Waals surface area (Å²) < 4.78 is 0. The van der Waals surface area contributed by atoms with E-state index >= 15 is 0 Å². The van der Waals surface area contributed by atoms with Crippen LogP contribution in [0.15, 0.2) is 54.6 Å². The molecular formula is C19H24N2O. The summed E-state index contributed by atoms with van der Waals surface area (Å²) in [5.74, 6) is 0.431. The normalized spacial score (nSPS) is 11.7. The first-order chi connectivity index (χ1) is 10.7. The van der Waals surface area contributed by atoms with E-state index in [1.807, 2.05) is 36.4 Å². The molecule has 2 rings (SSSR count). The third kappa shape index (κ3) is 4.62. The molecule has 2 N–H and O–H groups in total. The Labute approximate surface area is 132 Å². The zero-order valence-corrected chi connectivity index (χ0v) is 13.3. The Bertz CT molecular complexity index is 595. The minimum atomic E-state index is -0.147. The van der Waals surface area contributed by atoms with Gasteiger partial charge in [-0.25, -0.2) is 4.79 Å². The fraction of sp³-hybridized carbons (Fsp3) is 0.316. The molecule has 1 atom stereocenters. The van der Waals surface area contributed by atoms with Crippen LogP contribution in [-0.4, -0.2) is 12.6 Å². The number of rotatable bonds is 6. The molecule has 2 aromatic rings. The molecule has 2 amide bonds. The minimum absolute atomic E-state index is 0.147. The monoisotopic (exact) mass is 296 g/mol. The smallest absolute Gasteiger partial charge is 0.319 e. The molecule has 0 bridgehead atoms. The van der Waals surface area contributed by atoms with E-state index in [4.69, 9.17) is 0 Å². The van der Waals surface area contributed by atoms with Gasteiger partial charge in [-0.1, -0.05) is 62.4 Å². The van der Waals surface area contributed by atoms with E-state index in [1.54, 1.807) is 0 Å². The Morgan fingerprint density at radius 1 is 1.05 bits per heavy atom. The number of hydrogen-bond donors (Lipinski definition) is 2. The van der Waals surface area contributed by atoms with Gasteiger partial charge in [-0.3, -0.25) is 0 Å². The lowest BCUT2D eigenvalue weighted by atomic mass is 9.97. The molecule has 0 fully saturated rings. The van der Waals surface area contributed by atoms with Gasteiger partial charge in [0.25, 0.3) is 0 Å². The molecule has 0 aliphatic heterocycles. The van der Waals surface area contributed by atoms with Gasteiger partial charge < -0.3 is 10.6 Å². The van der Waals surface area contributed by atoms with Gasteiger partial charge in [-0.15, -0.1) is 0 Å². The predicted molar refractivity (Wildman–Crippen MR) is 92.3 cm³/mol. The van der Waals surface area contributed by atoms with Crippen LogP contribution < -0.4 is 10.6 Å². The van der Waals surface area contributed by atoms with E-state index < -0.39 is 0 Å². The van der Waals surface area contributed by atoms with Gasteiger partial charge in [0, 0.05) is 12.2 Å². The number of amides is 2. The molecule has 3 nitrogen and oxygen atoms in total. The molecule has 2 aromatic carbocycles. The first-order valence-electron chi connectivity index (χ1n) is 7.88. The molecule has 116 valence electrons. The van der Waals surface area contributed by atoms with Crippen molar-refractivity contribution < 1.29 is 4.79 Å². The first kappa shape index (κ1) is 16.1. The summed E-state index contributed by atoms with van der Waals surface area (Å²) in [7, 11) is 0. The highest BCUT2D eigenvalue weighted by Gasteiger charge is 2.10. The van der Waals surface area contributed by atoms with E-state index in [1.165, 1.54) is 11.1 Å². The number of hydrogen-bond acceptors (Lipinski definition) is 1. The Kier molecular flexibility index (Phi) is 6.01. The summed E-state index contributed by atoms with van der Waals surface area (Å²) in [6, 6.07) is 18.0. The fourth-order valence-electron chi connectivity index (χ4n) is 2.39. The molecule has 0 saturated carbocycles. The summed E-state index contributed by atoms with van der Waals surface area (Å²) in [5, 5.41) is 5.88. The average molecular weight is 296 g/mol. The summed E-state index contributed by atoms with van der Waals surface area (Å²) in [4.78, 5) is 12.0. The van der Waals surface area contributed by atoms with Crippen molar-refractivity contribution in [2.75, 3.05) is 11.9 Å². The van der Waals surface area contributed by atoms with Crippen molar-refractivity contribution in [3.63, 3.8) is 0 Å². The lowest BCUT2D eigenvalue weighted by Gasteiger charge is -2.16. The Balaban J connectivity index is 1.87. The van der Waals surface area contributed by atoms with Crippen molar-refractivity contribution in [2.24, 2.45) is 0 Å². The second kappa shape index (κ2) is 8.23. The Hall–Kier alpha value is -2.29. The number of urea groups is 1. The molecule has 0 aromatic heterocycles. The van der Waals surface area contributed by atoms with Crippen LogP contribution in [0.4, 0.5) is 10.5 Å². The second-order valence-electron chi connectivity index (χ2n) is 5.51. The number of benzene rings is 2. The standard InChI is InChI=1S/C19H24N2O/c1-3-15(2)17-11-7-8-12-18(17)21-19(22)20-14-13-16-9-5-4-6-10-16/h4-12,15H,3,13-14H2,1-2H3,(H2,20,21,22). The quantitative estimate of drug-likeness (QED) is 0.806. The van der Waals surface area contributed by atoms with E-state index in [9.17, 15) is 4.79 Å². The summed E-state index contributed by atoms with van der Waals surface area (Å²) >= 11 is 0. The van der Waals surface area contributed by atoms with Gasteiger partial charge in [-0.05, 0) is 36.0 Å². The largest absolute Gasteiger partial charge is 0.338 e. The van der Waals surface area contributed by atoms with Crippen LogP contribution in [0.1, 0.15) is 37.3 Å². The van der Waals surface area contributed by atoms with Crippen molar-refractivity contribution in [3.8, 4) is 0 Å². The predicted octanol–water partition coefficient (Wildman–Crippen LogP) is 4.56. The van der Waals surface area contributed by atoms with Gasteiger partial charge in [-0.2, -0.15) is 0 Å². The molecule has 1 unspecified atom stereocenters. The molecule has 0 saturated heterocycles. The minimum Gasteiger partial charge on any atom is -0.338 e. The van der Waals surface area contributed by atoms with Gasteiger partial charge in [0.2, 0.25) is 0 Å². The fourth-order valence-corrected chi connectivity index (χ4v) is 2.39. The van der Waals surface area contributed by atoms with Crippen LogP contribution >= 0.6 is 0 Å². The van der Waals surface area contributed by atoms with Gasteiger partial charge in [0.05, 0.1) is 0 Å². The first-order valence-corrected chi connectivity index (χ1v) is 7.88. The Morgan fingerprint density at radius 3 is 2.45 bits per heavy atom. The zero-order valence-electron chi connectivity index (χ0n) is 13.3. The second-order valence-corrected chi connectivity index (χ2v) is 5.51. The third-order valence-electron chi connectivity index (χ3n) is 3.89. The van der Waals surface area contributed by atoms with Crippen molar-refractivity contribution in [2.45, 2.75) is 32.6 Å². The summed E-state index contributed by atoms with van der Waals surface area (Å²) in [6.45, 7) is 4.95. The SMILES string of the molecule is CCC(C)c1ccccc1NC(=O)NCCc1ccccc1. The summed E-state index contributed by atoms with van der Waals surface area (Å²) in [6.07, 6.45) is 1.88. The van der Waals surface area contributed by atoms with Crippen LogP contribution in [0.5, 0.6) is 0 Å². The third-order valence-corrected chi connectivity index (χ3v) is 3.89. The van der Waals surface area contributed by atoms with E-state index in [-0.39, 0.29) is 6.03 Å². The molecule has 0 heterocycles. The van der Waals surface area contributed by atoms with Crippen molar-refractivity contribution in [1.29, 1.82) is 0 Å². The number of para-hydroxylation sites is 1. The zero-order chi connectivity index (χ0) is 15.8. The van der Waals surface area contributed by atoms with Gasteiger partial charge in [0.15, 0.2) is 0 Å². The molecule has 0 aliphatic rings. The topological polar surface area (TPSA) is 41.1 Å². The molecule has 3 heteroatoms. The van der Waals surface area contributed by atoms with Crippen LogP contribution in [-0.2, 0) is 6.42 Å². The molecule has 22 heavy (non-hydrogen) atoms. The van der Waals surface area contributed by atoms with Crippen molar-refractivity contribution in [1.82, 2.24) is 5.32 Å². The maximum Gasteiger partial charge on any atom is 0.319 e. The number of nitrogens with one attached hydrogen (secondary N) is 2. The van der Waals surface area contributed by atoms with E-state index in [0.717, 1.165) is 18.5 Å². The molecule has 0 radical (unpaired) electrons. The number of carbonyl (C=O) groups is 1. The maximum absolute atomic E-state index is 12.0. The maximum atomic E-state index is 12.0. The van der Waals surface area contributed by atoms with Crippen LogP contribution in [0, 0.1) is 0 Å². The van der Waals surface area contributed by atoms with Crippen molar-refractivity contribution in [3.05, 3.63) is 65.7 Å². The highest BCUT2D eigenvalue weighted by molar-refractivity contribution is 5.90. The van der Waals surface area contributed by atoms with Crippen LogP contribution in [0.2, 0.25) is 0 Å². The lowest BCUT2D eigenvalue weighted by molar-refractivity contribution is 0.252. The number of anilines is 1. The van der Waals surface area contributed by atoms with Crippen LogP contribution in [0.25, 0.3) is 0 Å². The highest BCUT2D eigenvalue weighted by atomic mass is 16.2. The summed E-state index contributed by atoms with van der Waals surface area (Å²) in [5.41, 5.74) is 3.31. The Morgan fingerprint density at radius 2 is 1.73 bits per heavy atom. The molecular weight excluding hydrogens is 272 g/mol. The van der Waals surface area contributed by atoms with Crippen LogP contribution in [0.3, 0.4) is 0 Å². The lowest BCUT2D eigenvalue weighted by Crippen LogP contribution is -2.30. The number of carbonyl (C=O) groups excluding carboxylic acids is 1. The van der Waals surface area contributed by atoms with Crippen molar-refractivity contribution >= 4 is 11.7 Å². The van der Waals surface area contributed by atoms with E-state index in [0.29, 0.717) is 12.5 Å². The molecule has 0 aliphatic carbocycles. The van der Waals surface area contributed by atoms with Gasteiger partial charge >= 0.3 is 6.03 Å². The van der Waals surface area contributed by atoms with Gasteiger partial charge in [0.1, 0.15) is 0 Å². The average Bonchev–Trinajstić information content (AvgIpc) is 2.55.